The van der Waals surface area contributed by atoms with E-state index in [1.165, 1.54) is 0 Å². The number of hydrogen-bond acceptors (Lipinski definition) is 7. The molecule has 7 rings (SSSR count). The number of amides is 1. The van der Waals surface area contributed by atoms with Gasteiger partial charge < -0.3 is 9.80 Å². The molecule has 206 valence electrons. The predicted molar refractivity (Wildman–Crippen MR) is 156 cm³/mol. The third-order valence-corrected chi connectivity index (χ3v) is 8.03. The first kappa shape index (κ1) is 26.2. The number of aryl methyl sites for hydroxylation is 1. The number of hydrogen-bond donors (Lipinski definition) is 0. The number of nitriles is 1. The van der Waals surface area contributed by atoms with Gasteiger partial charge in [0.15, 0.2) is 0 Å². The van der Waals surface area contributed by atoms with Crippen molar-refractivity contribution in [3.63, 3.8) is 0 Å². The van der Waals surface area contributed by atoms with Crippen LogP contribution in [0.3, 0.4) is 0 Å². The van der Waals surface area contributed by atoms with Gasteiger partial charge in [-0.15, -0.1) is 0 Å². The van der Waals surface area contributed by atoms with E-state index < -0.39 is 5.41 Å². The van der Waals surface area contributed by atoms with Gasteiger partial charge in [-0.25, -0.2) is 9.50 Å². The fourth-order valence-electron chi connectivity index (χ4n) is 5.68. The molecule has 5 aromatic rings. The Morgan fingerprint density at radius 1 is 0.927 bits per heavy atom. The van der Waals surface area contributed by atoms with Crippen molar-refractivity contribution in [3.8, 4) is 28.3 Å². The highest BCUT2D eigenvalue weighted by atomic mass is 16.2. The number of carbonyl (C=O) groups is 1. The summed E-state index contributed by atoms with van der Waals surface area (Å²) < 4.78 is 3.51. The Bertz CT molecular complexity index is 1750. The van der Waals surface area contributed by atoms with Gasteiger partial charge in [0, 0.05) is 80.3 Å². The average Bonchev–Trinajstić information content (AvgIpc) is 3.53. The van der Waals surface area contributed by atoms with Crippen LogP contribution in [0.15, 0.2) is 73.6 Å². The molecule has 1 saturated heterocycles. The van der Waals surface area contributed by atoms with Crippen molar-refractivity contribution in [1.29, 1.82) is 5.26 Å². The second-order valence-corrected chi connectivity index (χ2v) is 10.5. The Morgan fingerprint density at radius 3 is 2.39 bits per heavy atom. The SMILES string of the molecule is C.Cn1cc(-c2cc(-c3ccc(N4CCN(C(=O)C5(c6ccccn6)CC5)CC4)nc3)c3c(C#N)cnn3c2)cn1. The minimum Gasteiger partial charge on any atom is -0.353 e. The lowest BCUT2D eigenvalue weighted by Gasteiger charge is -2.37. The number of pyridine rings is 3. The first-order valence-corrected chi connectivity index (χ1v) is 13.4. The molecule has 41 heavy (non-hydrogen) atoms. The molecular formula is C31H31N9O. The van der Waals surface area contributed by atoms with E-state index in [9.17, 15) is 10.1 Å². The lowest BCUT2D eigenvalue weighted by Crippen LogP contribution is -2.51. The maximum atomic E-state index is 13.4. The molecule has 1 aliphatic heterocycles. The van der Waals surface area contributed by atoms with Crippen LogP contribution in [0.4, 0.5) is 5.82 Å². The quantitative estimate of drug-likeness (QED) is 0.327. The summed E-state index contributed by atoms with van der Waals surface area (Å²) in [4.78, 5) is 26.9. The summed E-state index contributed by atoms with van der Waals surface area (Å²) in [6, 6.07) is 14.2. The minimum absolute atomic E-state index is 0. The first-order chi connectivity index (χ1) is 19.6. The summed E-state index contributed by atoms with van der Waals surface area (Å²) in [5.41, 5.74) is 5.41. The number of aromatic nitrogens is 6. The van der Waals surface area contributed by atoms with Crippen LogP contribution in [0, 0.1) is 11.3 Å². The third-order valence-electron chi connectivity index (χ3n) is 8.03. The van der Waals surface area contributed by atoms with E-state index in [0.717, 1.165) is 65.2 Å². The number of anilines is 1. The van der Waals surface area contributed by atoms with E-state index >= 15 is 0 Å². The number of rotatable bonds is 5. The van der Waals surface area contributed by atoms with Crippen molar-refractivity contribution in [1.82, 2.24) is 34.3 Å². The highest BCUT2D eigenvalue weighted by molar-refractivity contribution is 5.91. The molecule has 1 amide bonds. The van der Waals surface area contributed by atoms with E-state index in [1.807, 2.05) is 67.1 Å². The summed E-state index contributed by atoms with van der Waals surface area (Å²) in [7, 11) is 1.88. The molecule has 0 spiro atoms. The zero-order valence-corrected chi connectivity index (χ0v) is 22.1. The summed E-state index contributed by atoms with van der Waals surface area (Å²) >= 11 is 0. The van der Waals surface area contributed by atoms with E-state index in [1.54, 1.807) is 21.6 Å². The maximum Gasteiger partial charge on any atom is 0.234 e. The van der Waals surface area contributed by atoms with Gasteiger partial charge in [-0.2, -0.15) is 15.5 Å². The van der Waals surface area contributed by atoms with Gasteiger partial charge in [-0.1, -0.05) is 13.5 Å². The second kappa shape index (κ2) is 10.2. The highest BCUT2D eigenvalue weighted by Gasteiger charge is 2.54. The Labute approximate surface area is 238 Å². The van der Waals surface area contributed by atoms with E-state index in [4.69, 9.17) is 4.98 Å². The minimum atomic E-state index is -0.436. The van der Waals surface area contributed by atoms with Gasteiger partial charge in [0.1, 0.15) is 11.9 Å². The lowest BCUT2D eigenvalue weighted by molar-refractivity contribution is -0.134. The molecule has 5 aromatic heterocycles. The number of carbonyl (C=O) groups excluding carboxylic acids is 1. The Hall–Kier alpha value is -5.04. The number of fused-ring (bicyclic) bond motifs is 1. The summed E-state index contributed by atoms with van der Waals surface area (Å²) in [5.74, 6) is 1.07. The van der Waals surface area contributed by atoms with Gasteiger partial charge in [-0.05, 0) is 43.2 Å². The van der Waals surface area contributed by atoms with Crippen molar-refractivity contribution < 1.29 is 4.79 Å². The monoisotopic (exact) mass is 545 g/mol. The van der Waals surface area contributed by atoms with E-state index in [-0.39, 0.29) is 13.3 Å². The normalized spacial score (nSPS) is 15.8. The Morgan fingerprint density at radius 2 is 1.76 bits per heavy atom. The topological polar surface area (TPSA) is 108 Å². The molecule has 1 aliphatic carbocycles. The molecule has 0 unspecified atom stereocenters. The van der Waals surface area contributed by atoms with Crippen molar-refractivity contribution in [2.24, 2.45) is 7.05 Å². The third kappa shape index (κ3) is 4.49. The standard InChI is InChI=1S/C30H27N9O.CH4/c1-36-19-24(18-34-36)22-14-25(28-23(15-31)17-35-39(28)20-22)21-5-6-27(33-16-21)37-10-12-38(13-11-37)29(40)30(7-8-30)26-4-2-3-9-32-26;/h2-6,9,14,16-20H,7-8,10-13H2,1H3;1H4. The maximum absolute atomic E-state index is 13.4. The van der Waals surface area contributed by atoms with Gasteiger partial charge in [0.05, 0.1) is 34.6 Å². The number of piperazine rings is 1. The van der Waals surface area contributed by atoms with Crippen LogP contribution in [-0.2, 0) is 17.3 Å². The largest absolute Gasteiger partial charge is 0.353 e. The fourth-order valence-corrected chi connectivity index (χ4v) is 5.68. The van der Waals surface area contributed by atoms with Crippen LogP contribution in [0.25, 0.3) is 27.8 Å². The highest BCUT2D eigenvalue weighted by Crippen LogP contribution is 2.48. The van der Waals surface area contributed by atoms with Gasteiger partial charge in [-0.3, -0.25) is 14.5 Å². The van der Waals surface area contributed by atoms with Crippen LogP contribution in [0.1, 0.15) is 31.5 Å². The van der Waals surface area contributed by atoms with Crippen LogP contribution in [0.5, 0.6) is 0 Å². The van der Waals surface area contributed by atoms with Gasteiger partial charge >= 0.3 is 0 Å². The molecule has 0 bridgehead atoms. The van der Waals surface area contributed by atoms with E-state index in [0.29, 0.717) is 18.7 Å². The molecule has 10 heteroatoms. The summed E-state index contributed by atoms with van der Waals surface area (Å²) in [6.45, 7) is 2.76. The smallest absolute Gasteiger partial charge is 0.234 e. The van der Waals surface area contributed by atoms with Gasteiger partial charge in [0.2, 0.25) is 5.91 Å². The van der Waals surface area contributed by atoms with Crippen LogP contribution in [-0.4, -0.2) is 66.3 Å². The first-order valence-electron chi connectivity index (χ1n) is 13.4. The molecule has 2 aliphatic rings. The Kier molecular flexibility index (Phi) is 6.50. The second-order valence-electron chi connectivity index (χ2n) is 10.5. The summed E-state index contributed by atoms with van der Waals surface area (Å²) in [5, 5.41) is 18.4. The van der Waals surface area contributed by atoms with E-state index in [2.05, 4.69) is 32.2 Å². The molecule has 0 atom stereocenters. The predicted octanol–water partition coefficient (Wildman–Crippen LogP) is 4.08. The molecule has 1 saturated carbocycles. The van der Waals surface area contributed by atoms with Gasteiger partial charge in [0.25, 0.3) is 0 Å². The van der Waals surface area contributed by atoms with Crippen LogP contribution >= 0.6 is 0 Å². The zero-order valence-electron chi connectivity index (χ0n) is 22.1. The van der Waals surface area contributed by atoms with Crippen molar-refractivity contribution >= 4 is 17.2 Å². The average molecular weight is 546 g/mol. The Balaban J connectivity index is 0.00000302. The fraction of sp³-hybridized carbons (Fsp3) is 0.290. The van der Waals surface area contributed by atoms with Crippen LogP contribution in [0.2, 0.25) is 0 Å². The molecule has 10 nitrogen and oxygen atoms in total. The van der Waals surface area contributed by atoms with Crippen molar-refractivity contribution in [2.45, 2.75) is 25.7 Å². The molecule has 0 aromatic carbocycles. The molecule has 0 N–H and O–H groups in total. The molecule has 2 fully saturated rings. The zero-order chi connectivity index (χ0) is 27.3. The lowest BCUT2D eigenvalue weighted by atomic mass is 9.99. The van der Waals surface area contributed by atoms with Crippen molar-refractivity contribution in [2.75, 3.05) is 31.1 Å². The molecule has 0 radical (unpaired) electrons. The summed E-state index contributed by atoms with van der Waals surface area (Å²) in [6.07, 6.45) is 12.6. The van der Waals surface area contributed by atoms with Crippen molar-refractivity contribution in [3.05, 3.63) is 84.8 Å². The molecule has 6 heterocycles. The molecular weight excluding hydrogens is 514 g/mol. The van der Waals surface area contributed by atoms with Crippen LogP contribution < -0.4 is 4.90 Å². The number of nitrogens with zero attached hydrogens (tertiary/aromatic N) is 9.